The van der Waals surface area contributed by atoms with E-state index in [1.807, 2.05) is 0 Å². The molecule has 0 aromatic carbocycles. The predicted octanol–water partition coefficient (Wildman–Crippen LogP) is -0.830. The number of aromatic nitrogens is 2. The van der Waals surface area contributed by atoms with Gasteiger partial charge in [-0.1, -0.05) is 0 Å². The average molecular weight is 139 g/mol. The maximum atomic E-state index is 10.7. The van der Waals surface area contributed by atoms with Crippen LogP contribution in [0.25, 0.3) is 0 Å². The molecular formula is C5H5N3O2. The first-order chi connectivity index (χ1) is 4.72. The third-order valence-electron chi connectivity index (χ3n) is 0.925. The van der Waals surface area contributed by atoms with Crippen molar-refractivity contribution in [2.45, 2.75) is 0 Å². The van der Waals surface area contributed by atoms with Crippen LogP contribution in [0, 0.1) is 0 Å². The zero-order valence-corrected chi connectivity index (χ0v) is 5.02. The van der Waals surface area contributed by atoms with E-state index in [9.17, 15) is 9.59 Å². The molecule has 1 aromatic heterocycles. The van der Waals surface area contributed by atoms with Crippen LogP contribution in [-0.2, 0) is 0 Å². The second-order valence-corrected chi connectivity index (χ2v) is 1.61. The Balaban J connectivity index is 3.29. The van der Waals surface area contributed by atoms with Crippen molar-refractivity contribution < 1.29 is 4.79 Å². The Morgan fingerprint density at radius 3 is 2.80 bits per heavy atom. The van der Waals surface area contributed by atoms with E-state index < -0.39 is 11.6 Å². The van der Waals surface area contributed by atoms with Gasteiger partial charge in [0, 0.05) is 12.3 Å². The van der Waals surface area contributed by atoms with Gasteiger partial charge >= 0.3 is 6.03 Å². The fourth-order valence-electron chi connectivity index (χ4n) is 0.524. The van der Waals surface area contributed by atoms with Crippen LogP contribution in [0.5, 0.6) is 0 Å². The highest BCUT2D eigenvalue weighted by Gasteiger charge is 1.98. The Morgan fingerprint density at radius 1 is 1.70 bits per heavy atom. The van der Waals surface area contributed by atoms with Gasteiger partial charge in [-0.25, -0.2) is 4.79 Å². The number of nitrogens with two attached hydrogens (primary N) is 1. The van der Waals surface area contributed by atoms with Gasteiger partial charge in [-0.15, -0.1) is 4.68 Å². The number of rotatable bonds is 0. The van der Waals surface area contributed by atoms with Gasteiger partial charge in [0.25, 0.3) is 5.56 Å². The van der Waals surface area contributed by atoms with Crippen molar-refractivity contribution in [2.75, 3.05) is 0 Å². The van der Waals surface area contributed by atoms with Gasteiger partial charge in [-0.2, -0.15) is 5.10 Å². The molecule has 0 aliphatic carbocycles. The van der Waals surface area contributed by atoms with Gasteiger partial charge in [-0.3, -0.25) is 4.79 Å². The van der Waals surface area contributed by atoms with Crippen molar-refractivity contribution >= 4 is 6.03 Å². The van der Waals surface area contributed by atoms with Crippen molar-refractivity contribution in [1.82, 2.24) is 9.78 Å². The van der Waals surface area contributed by atoms with E-state index in [-0.39, 0.29) is 0 Å². The molecular weight excluding hydrogens is 134 g/mol. The van der Waals surface area contributed by atoms with Gasteiger partial charge < -0.3 is 5.73 Å². The van der Waals surface area contributed by atoms with Crippen LogP contribution in [0.3, 0.4) is 0 Å². The zero-order valence-electron chi connectivity index (χ0n) is 5.02. The molecule has 0 aliphatic heterocycles. The average Bonchev–Trinajstić information content (AvgIpc) is 1.88. The summed E-state index contributed by atoms with van der Waals surface area (Å²) in [5.41, 5.74) is 4.26. The minimum atomic E-state index is -0.870. The van der Waals surface area contributed by atoms with Crippen molar-refractivity contribution in [1.29, 1.82) is 0 Å². The summed E-state index contributed by atoms with van der Waals surface area (Å²) < 4.78 is 0.583. The number of primary amides is 1. The lowest BCUT2D eigenvalue weighted by molar-refractivity contribution is 0.246. The van der Waals surface area contributed by atoms with Crippen LogP contribution < -0.4 is 11.3 Å². The number of hydrogen-bond acceptors (Lipinski definition) is 3. The molecule has 5 nitrogen and oxygen atoms in total. The van der Waals surface area contributed by atoms with E-state index in [1.54, 1.807) is 0 Å². The molecule has 0 aliphatic rings. The lowest BCUT2D eigenvalue weighted by Crippen LogP contribution is -2.32. The monoisotopic (exact) mass is 139 g/mol. The van der Waals surface area contributed by atoms with Crippen molar-refractivity contribution in [3.05, 3.63) is 28.7 Å². The smallest absolute Gasteiger partial charge is 0.342 e. The van der Waals surface area contributed by atoms with Gasteiger partial charge in [0.1, 0.15) is 0 Å². The lowest BCUT2D eigenvalue weighted by atomic mass is 10.6. The summed E-state index contributed by atoms with van der Waals surface area (Å²) in [6.45, 7) is 0. The molecule has 0 atom stereocenters. The molecule has 0 fully saturated rings. The van der Waals surface area contributed by atoms with Crippen molar-refractivity contribution in [2.24, 2.45) is 5.73 Å². The Labute approximate surface area is 56.1 Å². The zero-order chi connectivity index (χ0) is 7.56. The van der Waals surface area contributed by atoms with Crippen molar-refractivity contribution in [3.63, 3.8) is 0 Å². The number of carbonyl (C=O) groups is 1. The molecule has 0 saturated carbocycles. The molecule has 5 heteroatoms. The summed E-state index contributed by atoms with van der Waals surface area (Å²) in [4.78, 5) is 21.0. The van der Waals surface area contributed by atoms with E-state index in [2.05, 4.69) is 5.10 Å². The van der Waals surface area contributed by atoms with Gasteiger partial charge in [-0.05, 0) is 6.07 Å². The van der Waals surface area contributed by atoms with Crippen LogP contribution in [0.15, 0.2) is 23.1 Å². The topological polar surface area (TPSA) is 78.0 Å². The Bertz CT molecular complexity index is 304. The normalized spacial score (nSPS) is 9.20. The van der Waals surface area contributed by atoms with E-state index in [0.29, 0.717) is 4.68 Å². The maximum Gasteiger partial charge on any atom is 0.342 e. The number of hydrogen-bond donors (Lipinski definition) is 1. The molecule has 2 N–H and O–H groups in total. The molecule has 1 heterocycles. The Kier molecular flexibility index (Phi) is 1.49. The van der Waals surface area contributed by atoms with E-state index in [0.717, 1.165) is 0 Å². The lowest BCUT2D eigenvalue weighted by Gasteiger charge is -1.92. The third kappa shape index (κ3) is 1.02. The summed E-state index contributed by atoms with van der Waals surface area (Å²) >= 11 is 0. The number of amides is 1. The minimum Gasteiger partial charge on any atom is -0.350 e. The minimum absolute atomic E-state index is 0.519. The number of carbonyl (C=O) groups excluding carboxylic acids is 1. The van der Waals surface area contributed by atoms with Crippen LogP contribution in [0.2, 0.25) is 0 Å². The number of nitrogens with zero attached hydrogens (tertiary/aromatic N) is 2. The molecule has 0 radical (unpaired) electrons. The molecule has 0 unspecified atom stereocenters. The molecule has 1 rings (SSSR count). The molecule has 1 aromatic rings. The summed E-state index contributed by atoms with van der Waals surface area (Å²) in [5, 5.41) is 3.41. The molecule has 0 bridgehead atoms. The summed E-state index contributed by atoms with van der Waals surface area (Å²) in [7, 11) is 0. The van der Waals surface area contributed by atoms with E-state index in [4.69, 9.17) is 5.73 Å². The molecule has 52 valence electrons. The molecule has 10 heavy (non-hydrogen) atoms. The maximum absolute atomic E-state index is 10.7. The van der Waals surface area contributed by atoms with Crippen LogP contribution in [0.4, 0.5) is 4.79 Å². The summed E-state index contributed by atoms with van der Waals surface area (Å²) in [5.74, 6) is 0. The van der Waals surface area contributed by atoms with E-state index in [1.165, 1.54) is 18.3 Å². The first-order valence-corrected chi connectivity index (χ1v) is 2.56. The highest BCUT2D eigenvalue weighted by Crippen LogP contribution is 1.71. The second-order valence-electron chi connectivity index (χ2n) is 1.61. The van der Waals surface area contributed by atoms with E-state index >= 15 is 0 Å². The third-order valence-corrected chi connectivity index (χ3v) is 0.925. The quantitative estimate of drug-likeness (QED) is 0.509. The standard InChI is InChI=1S/C5H5N3O2/c6-5(10)8-4(9)2-1-3-7-8/h1-3H,(H2,6,10). The van der Waals surface area contributed by atoms with Crippen LogP contribution in [-0.4, -0.2) is 15.8 Å². The SMILES string of the molecule is NC(=O)n1ncccc1=O. The molecule has 0 spiro atoms. The van der Waals surface area contributed by atoms with Crippen molar-refractivity contribution in [3.8, 4) is 0 Å². The fourth-order valence-corrected chi connectivity index (χ4v) is 0.524. The summed E-state index contributed by atoms with van der Waals surface area (Å²) in [6.07, 6.45) is 1.31. The molecule has 1 amide bonds. The first-order valence-electron chi connectivity index (χ1n) is 2.56. The highest BCUT2D eigenvalue weighted by atomic mass is 16.2. The van der Waals surface area contributed by atoms with Crippen LogP contribution in [0.1, 0.15) is 0 Å². The van der Waals surface area contributed by atoms with Crippen LogP contribution >= 0.6 is 0 Å². The van der Waals surface area contributed by atoms with Gasteiger partial charge in [0.2, 0.25) is 0 Å². The Hall–Kier alpha value is -1.65. The second kappa shape index (κ2) is 2.30. The fraction of sp³-hybridized carbons (Fsp3) is 0. The van der Waals surface area contributed by atoms with Gasteiger partial charge in [0.05, 0.1) is 0 Å². The molecule has 0 saturated heterocycles. The first kappa shape index (κ1) is 6.47. The largest absolute Gasteiger partial charge is 0.350 e. The van der Waals surface area contributed by atoms with Gasteiger partial charge in [0.15, 0.2) is 0 Å². The predicted molar refractivity (Wildman–Crippen MR) is 33.5 cm³/mol. The highest BCUT2D eigenvalue weighted by molar-refractivity contribution is 5.73. The summed E-state index contributed by atoms with van der Waals surface area (Å²) in [6, 6.07) is 1.77. The Morgan fingerprint density at radius 2 is 2.40 bits per heavy atom.